The van der Waals surface area contributed by atoms with Gasteiger partial charge in [-0.3, -0.25) is 0 Å². The topological polar surface area (TPSA) is 41.3 Å². The number of hydrogen-bond acceptors (Lipinski definition) is 3. The van der Waals surface area contributed by atoms with Crippen molar-refractivity contribution in [3.63, 3.8) is 0 Å². The molecular formula is C9H19N3. The van der Waals surface area contributed by atoms with E-state index in [0.717, 1.165) is 6.54 Å². The highest BCUT2D eigenvalue weighted by atomic mass is 15.2. The number of nitrogens with two attached hydrogens (primary N) is 1. The zero-order chi connectivity index (χ0) is 8.60. The van der Waals surface area contributed by atoms with Crippen LogP contribution in [0.15, 0.2) is 0 Å². The molecule has 0 aromatic carbocycles. The molecule has 3 N–H and O–H groups in total. The molecule has 0 amide bonds. The molecule has 1 aliphatic carbocycles. The summed E-state index contributed by atoms with van der Waals surface area (Å²) >= 11 is 0. The molecule has 3 heteroatoms. The third kappa shape index (κ3) is 1.97. The Hall–Kier alpha value is -0.120. The van der Waals surface area contributed by atoms with E-state index in [4.69, 9.17) is 5.73 Å². The molecule has 0 bridgehead atoms. The summed E-state index contributed by atoms with van der Waals surface area (Å²) in [7, 11) is 2.18. The molecule has 70 valence electrons. The highest BCUT2D eigenvalue weighted by Gasteiger charge is 2.38. The van der Waals surface area contributed by atoms with Crippen molar-refractivity contribution >= 4 is 0 Å². The zero-order valence-corrected chi connectivity index (χ0v) is 7.84. The van der Waals surface area contributed by atoms with Gasteiger partial charge in [-0.1, -0.05) is 0 Å². The van der Waals surface area contributed by atoms with Crippen LogP contribution < -0.4 is 11.1 Å². The monoisotopic (exact) mass is 169 g/mol. The van der Waals surface area contributed by atoms with E-state index in [-0.39, 0.29) is 5.54 Å². The molecule has 0 aromatic heterocycles. The van der Waals surface area contributed by atoms with Gasteiger partial charge in [0, 0.05) is 24.7 Å². The minimum Gasteiger partial charge on any atom is -0.324 e. The van der Waals surface area contributed by atoms with Gasteiger partial charge in [-0.15, -0.1) is 0 Å². The fraction of sp³-hybridized carbons (Fsp3) is 1.00. The number of rotatable bonds is 3. The van der Waals surface area contributed by atoms with Gasteiger partial charge >= 0.3 is 0 Å². The van der Waals surface area contributed by atoms with Crippen molar-refractivity contribution in [2.75, 3.05) is 26.7 Å². The first-order valence-corrected chi connectivity index (χ1v) is 4.89. The molecule has 3 nitrogen and oxygen atoms in total. The Morgan fingerprint density at radius 1 is 1.58 bits per heavy atom. The summed E-state index contributed by atoms with van der Waals surface area (Å²) in [6.07, 6.45) is 3.71. The summed E-state index contributed by atoms with van der Waals surface area (Å²) in [5.41, 5.74) is 6.15. The quantitative estimate of drug-likeness (QED) is 0.613. The van der Waals surface area contributed by atoms with Crippen molar-refractivity contribution in [3.8, 4) is 0 Å². The molecule has 0 aromatic rings. The van der Waals surface area contributed by atoms with Crippen LogP contribution in [0.25, 0.3) is 0 Å². The molecule has 1 atom stereocenters. The van der Waals surface area contributed by atoms with E-state index in [0.29, 0.717) is 6.04 Å². The number of likely N-dealkylation sites (tertiary alicyclic amines) is 1. The fourth-order valence-corrected chi connectivity index (χ4v) is 1.79. The first-order chi connectivity index (χ1) is 5.68. The zero-order valence-electron chi connectivity index (χ0n) is 7.84. The van der Waals surface area contributed by atoms with Crippen LogP contribution in [-0.4, -0.2) is 43.2 Å². The molecule has 1 heterocycles. The molecule has 12 heavy (non-hydrogen) atoms. The molecular weight excluding hydrogens is 150 g/mol. The van der Waals surface area contributed by atoms with E-state index in [2.05, 4.69) is 17.3 Å². The molecule has 2 aliphatic rings. The summed E-state index contributed by atoms with van der Waals surface area (Å²) in [5.74, 6) is 0. The molecule has 1 saturated carbocycles. The van der Waals surface area contributed by atoms with Gasteiger partial charge in [0.05, 0.1) is 0 Å². The van der Waals surface area contributed by atoms with Crippen molar-refractivity contribution in [1.82, 2.24) is 10.2 Å². The van der Waals surface area contributed by atoms with E-state index in [9.17, 15) is 0 Å². The summed E-state index contributed by atoms with van der Waals surface area (Å²) < 4.78 is 0. The first-order valence-electron chi connectivity index (χ1n) is 4.89. The summed E-state index contributed by atoms with van der Waals surface area (Å²) in [4.78, 5) is 2.37. The standard InChI is InChI=1S/C9H19N3/c1-12-5-2-8(6-12)11-7-9(10)3-4-9/h8,11H,2-7,10H2,1H3. The lowest BCUT2D eigenvalue weighted by molar-refractivity contribution is 0.393. The molecule has 0 radical (unpaired) electrons. The Labute approximate surface area is 74.3 Å². The largest absolute Gasteiger partial charge is 0.324 e. The van der Waals surface area contributed by atoms with Crippen molar-refractivity contribution in [3.05, 3.63) is 0 Å². The summed E-state index contributed by atoms with van der Waals surface area (Å²) in [6, 6.07) is 0.691. The van der Waals surface area contributed by atoms with Gasteiger partial charge in [0.15, 0.2) is 0 Å². The van der Waals surface area contributed by atoms with Crippen LogP contribution in [0.5, 0.6) is 0 Å². The van der Waals surface area contributed by atoms with Crippen LogP contribution in [0.4, 0.5) is 0 Å². The predicted molar refractivity (Wildman–Crippen MR) is 50.1 cm³/mol. The van der Waals surface area contributed by atoms with E-state index >= 15 is 0 Å². The average molecular weight is 169 g/mol. The van der Waals surface area contributed by atoms with Gasteiger partial charge in [-0.05, 0) is 32.9 Å². The van der Waals surface area contributed by atoms with Crippen molar-refractivity contribution in [1.29, 1.82) is 0 Å². The van der Waals surface area contributed by atoms with Crippen LogP contribution in [0.1, 0.15) is 19.3 Å². The van der Waals surface area contributed by atoms with Crippen molar-refractivity contribution in [2.24, 2.45) is 5.73 Å². The molecule has 0 spiro atoms. The Bertz CT molecular complexity index is 165. The van der Waals surface area contributed by atoms with E-state index in [1.54, 1.807) is 0 Å². The van der Waals surface area contributed by atoms with Gasteiger partial charge < -0.3 is 16.0 Å². The van der Waals surface area contributed by atoms with Crippen LogP contribution in [-0.2, 0) is 0 Å². The number of hydrogen-bond donors (Lipinski definition) is 2. The second kappa shape index (κ2) is 2.98. The highest BCUT2D eigenvalue weighted by molar-refractivity contribution is 5.01. The van der Waals surface area contributed by atoms with Gasteiger partial charge in [0.2, 0.25) is 0 Å². The normalized spacial score (nSPS) is 34.0. The van der Waals surface area contributed by atoms with Crippen LogP contribution in [0.3, 0.4) is 0 Å². The Morgan fingerprint density at radius 3 is 2.83 bits per heavy atom. The third-order valence-electron chi connectivity index (χ3n) is 3.03. The second-order valence-electron chi connectivity index (χ2n) is 4.49. The maximum atomic E-state index is 5.98. The molecule has 1 saturated heterocycles. The van der Waals surface area contributed by atoms with Gasteiger partial charge in [0.25, 0.3) is 0 Å². The molecule has 2 rings (SSSR count). The van der Waals surface area contributed by atoms with E-state index in [1.807, 2.05) is 0 Å². The Balaban J connectivity index is 1.67. The average Bonchev–Trinajstić information content (AvgIpc) is 2.60. The number of nitrogens with zero attached hydrogens (tertiary/aromatic N) is 1. The van der Waals surface area contributed by atoms with Crippen LogP contribution in [0, 0.1) is 0 Å². The lowest BCUT2D eigenvalue weighted by Crippen LogP contribution is -2.42. The minimum atomic E-state index is 0.168. The molecule has 1 unspecified atom stereocenters. The van der Waals surface area contributed by atoms with Crippen LogP contribution >= 0.6 is 0 Å². The fourth-order valence-electron chi connectivity index (χ4n) is 1.79. The minimum absolute atomic E-state index is 0.168. The first kappa shape index (κ1) is 8.48. The van der Waals surface area contributed by atoms with Gasteiger partial charge in [0.1, 0.15) is 0 Å². The summed E-state index contributed by atoms with van der Waals surface area (Å²) in [6.45, 7) is 3.44. The van der Waals surface area contributed by atoms with Crippen LogP contribution in [0.2, 0.25) is 0 Å². The smallest absolute Gasteiger partial charge is 0.0282 e. The number of nitrogens with one attached hydrogen (secondary N) is 1. The van der Waals surface area contributed by atoms with Gasteiger partial charge in [-0.25, -0.2) is 0 Å². The second-order valence-corrected chi connectivity index (χ2v) is 4.49. The maximum Gasteiger partial charge on any atom is 0.0282 e. The van der Waals surface area contributed by atoms with Crippen molar-refractivity contribution < 1.29 is 0 Å². The Kier molecular flexibility index (Phi) is 2.10. The third-order valence-corrected chi connectivity index (χ3v) is 3.03. The maximum absolute atomic E-state index is 5.98. The number of likely N-dealkylation sites (N-methyl/N-ethyl adjacent to an activating group) is 1. The van der Waals surface area contributed by atoms with E-state index < -0.39 is 0 Å². The van der Waals surface area contributed by atoms with E-state index in [1.165, 1.54) is 32.4 Å². The lowest BCUT2D eigenvalue weighted by Gasteiger charge is -2.15. The summed E-state index contributed by atoms with van der Waals surface area (Å²) in [5, 5.41) is 3.55. The lowest BCUT2D eigenvalue weighted by atomic mass is 10.2. The molecule has 2 fully saturated rings. The highest BCUT2D eigenvalue weighted by Crippen LogP contribution is 2.31. The predicted octanol–water partition coefficient (Wildman–Crippen LogP) is -0.229. The Morgan fingerprint density at radius 2 is 2.33 bits per heavy atom. The van der Waals surface area contributed by atoms with Gasteiger partial charge in [-0.2, -0.15) is 0 Å². The SMILES string of the molecule is CN1CCC(NCC2(N)CC2)C1. The van der Waals surface area contributed by atoms with Crippen molar-refractivity contribution in [2.45, 2.75) is 30.8 Å². The molecule has 1 aliphatic heterocycles.